The van der Waals surface area contributed by atoms with Gasteiger partial charge in [-0.1, -0.05) is 29.7 Å². The van der Waals surface area contributed by atoms with Crippen LogP contribution in [0.15, 0.2) is 24.3 Å². The third kappa shape index (κ3) is 0.900. The van der Waals surface area contributed by atoms with E-state index in [1.807, 2.05) is 0 Å². The van der Waals surface area contributed by atoms with E-state index >= 15 is 0 Å². The zero-order chi connectivity index (χ0) is 9.71. The van der Waals surface area contributed by atoms with Crippen LogP contribution in [-0.2, 0) is 12.8 Å². The summed E-state index contributed by atoms with van der Waals surface area (Å²) in [6.07, 6.45) is 2.46. The molecule has 0 aromatic heterocycles. The van der Waals surface area contributed by atoms with E-state index in [-0.39, 0.29) is 0 Å². The summed E-state index contributed by atoms with van der Waals surface area (Å²) in [4.78, 5) is 0. The van der Waals surface area contributed by atoms with Gasteiger partial charge in [0.1, 0.15) is 7.85 Å². The Kier molecular flexibility index (Phi) is 1.52. The maximum absolute atomic E-state index is 2.30. The summed E-state index contributed by atoms with van der Waals surface area (Å²) in [5.74, 6) is 0. The summed E-state index contributed by atoms with van der Waals surface area (Å²) in [5, 5.41) is 3.04. The molecule has 1 aliphatic rings. The summed E-state index contributed by atoms with van der Waals surface area (Å²) < 4.78 is 0. The lowest BCUT2D eigenvalue weighted by atomic mass is 9.86. The third-order valence-corrected chi connectivity index (χ3v) is 3.41. The fourth-order valence-electron chi connectivity index (χ4n) is 2.70. The minimum absolute atomic E-state index is 1.23. The molecular weight excluding hydrogens is 167 g/mol. The number of benzene rings is 2. The van der Waals surface area contributed by atoms with Gasteiger partial charge in [0.2, 0.25) is 0 Å². The Balaban J connectivity index is 2.60. The van der Waals surface area contributed by atoms with Gasteiger partial charge in [-0.25, -0.2) is 0 Å². The maximum Gasteiger partial charge on any atom is 0.140 e. The van der Waals surface area contributed by atoms with E-state index in [9.17, 15) is 0 Å². The highest BCUT2D eigenvalue weighted by molar-refractivity contribution is 6.39. The third-order valence-electron chi connectivity index (χ3n) is 3.41. The quantitative estimate of drug-likeness (QED) is 0.539. The average molecular weight is 180 g/mol. The van der Waals surface area contributed by atoms with Crippen LogP contribution in [0.4, 0.5) is 0 Å². The topological polar surface area (TPSA) is 0 Å². The summed E-state index contributed by atoms with van der Waals surface area (Å²) in [6.45, 7) is 2.22. The Labute approximate surface area is 85.4 Å². The molecule has 0 nitrogen and oxygen atoms in total. The molecule has 0 saturated heterocycles. The molecule has 3 rings (SSSR count). The molecule has 1 heteroatoms. The Morgan fingerprint density at radius 2 is 1.57 bits per heavy atom. The lowest BCUT2D eigenvalue weighted by Crippen LogP contribution is -2.05. The van der Waals surface area contributed by atoms with Gasteiger partial charge in [0.05, 0.1) is 0 Å². The standard InChI is InChI=1S/C13H13B/c1-8-2-3-9-4-5-10-6-7-11(14)12(8)13(9)10/h2-3,6-7H,4-5,14H2,1H3. The molecule has 2 aromatic carbocycles. The van der Waals surface area contributed by atoms with Crippen LogP contribution < -0.4 is 5.46 Å². The van der Waals surface area contributed by atoms with E-state index in [2.05, 4.69) is 39.0 Å². The molecule has 68 valence electrons. The van der Waals surface area contributed by atoms with Crippen molar-refractivity contribution in [3.8, 4) is 0 Å². The fourth-order valence-corrected chi connectivity index (χ4v) is 2.70. The first-order valence-electron chi connectivity index (χ1n) is 5.28. The van der Waals surface area contributed by atoms with Gasteiger partial charge in [0.15, 0.2) is 0 Å². The van der Waals surface area contributed by atoms with Crippen LogP contribution in [0.1, 0.15) is 16.7 Å². The Morgan fingerprint density at radius 1 is 0.929 bits per heavy atom. The summed E-state index contributed by atoms with van der Waals surface area (Å²) >= 11 is 0. The predicted octanol–water partition coefficient (Wildman–Crippen LogP) is 1.51. The second-order valence-corrected chi connectivity index (χ2v) is 4.33. The molecule has 0 saturated carbocycles. The molecule has 0 heterocycles. The average Bonchev–Trinajstić information content (AvgIpc) is 2.58. The van der Waals surface area contributed by atoms with Crippen LogP contribution in [0.3, 0.4) is 0 Å². The van der Waals surface area contributed by atoms with Crippen molar-refractivity contribution in [3.63, 3.8) is 0 Å². The SMILES string of the molecule is Bc1ccc2c3c(ccc(C)c13)CC2. The van der Waals surface area contributed by atoms with E-state index in [0.717, 1.165) is 0 Å². The van der Waals surface area contributed by atoms with Crippen LogP contribution in [0.5, 0.6) is 0 Å². The normalized spacial score (nSPS) is 13.8. The first-order chi connectivity index (χ1) is 6.77. The fraction of sp³-hybridized carbons (Fsp3) is 0.231. The van der Waals surface area contributed by atoms with Crippen molar-refractivity contribution < 1.29 is 0 Å². The monoisotopic (exact) mass is 180 g/mol. The predicted molar refractivity (Wildman–Crippen MR) is 64.3 cm³/mol. The molecule has 0 radical (unpaired) electrons. The van der Waals surface area contributed by atoms with E-state index < -0.39 is 0 Å². The molecule has 0 unspecified atom stereocenters. The zero-order valence-electron chi connectivity index (χ0n) is 8.72. The van der Waals surface area contributed by atoms with Crippen LogP contribution in [0.25, 0.3) is 10.8 Å². The number of hydrogen-bond acceptors (Lipinski definition) is 0. The molecule has 1 aliphatic carbocycles. The van der Waals surface area contributed by atoms with Crippen molar-refractivity contribution in [1.82, 2.24) is 0 Å². The first-order valence-corrected chi connectivity index (χ1v) is 5.28. The van der Waals surface area contributed by atoms with Gasteiger partial charge in [-0.2, -0.15) is 0 Å². The summed E-state index contributed by atoms with van der Waals surface area (Å²) in [6, 6.07) is 9.13. The molecule has 0 fully saturated rings. The highest BCUT2D eigenvalue weighted by Crippen LogP contribution is 2.31. The second-order valence-electron chi connectivity index (χ2n) is 4.33. The molecule has 2 aromatic rings. The highest BCUT2D eigenvalue weighted by atomic mass is 14.2. The van der Waals surface area contributed by atoms with Crippen molar-refractivity contribution in [2.24, 2.45) is 0 Å². The Bertz CT molecular complexity index is 481. The smallest absolute Gasteiger partial charge is 0.0810 e. The van der Waals surface area contributed by atoms with Crippen LogP contribution in [-0.4, -0.2) is 7.85 Å². The van der Waals surface area contributed by atoms with Gasteiger partial charge in [-0.3, -0.25) is 0 Å². The van der Waals surface area contributed by atoms with Gasteiger partial charge >= 0.3 is 0 Å². The van der Waals surface area contributed by atoms with Gasteiger partial charge in [0.25, 0.3) is 0 Å². The summed E-state index contributed by atoms with van der Waals surface area (Å²) in [5.41, 5.74) is 5.93. The van der Waals surface area contributed by atoms with Crippen molar-refractivity contribution >= 4 is 24.1 Å². The van der Waals surface area contributed by atoms with Crippen molar-refractivity contribution in [2.75, 3.05) is 0 Å². The maximum atomic E-state index is 2.30. The van der Waals surface area contributed by atoms with Gasteiger partial charge in [0, 0.05) is 0 Å². The van der Waals surface area contributed by atoms with Crippen molar-refractivity contribution in [3.05, 3.63) is 41.0 Å². The molecular formula is C13H13B. The molecule has 0 bridgehead atoms. The van der Waals surface area contributed by atoms with Crippen LogP contribution >= 0.6 is 0 Å². The Morgan fingerprint density at radius 3 is 2.29 bits per heavy atom. The van der Waals surface area contributed by atoms with E-state index in [1.54, 1.807) is 16.5 Å². The molecule has 0 amide bonds. The lowest BCUT2D eigenvalue weighted by molar-refractivity contribution is 1.02. The van der Waals surface area contributed by atoms with Gasteiger partial charge < -0.3 is 0 Å². The van der Waals surface area contributed by atoms with Gasteiger partial charge in [-0.15, -0.1) is 0 Å². The molecule has 14 heavy (non-hydrogen) atoms. The Hall–Kier alpha value is -1.24. The molecule has 0 N–H and O–H groups in total. The van der Waals surface area contributed by atoms with Crippen LogP contribution in [0, 0.1) is 6.92 Å². The number of hydrogen-bond donors (Lipinski definition) is 0. The molecule has 0 spiro atoms. The molecule has 0 atom stereocenters. The minimum Gasteiger partial charge on any atom is -0.0810 e. The zero-order valence-corrected chi connectivity index (χ0v) is 8.72. The van der Waals surface area contributed by atoms with E-state index in [4.69, 9.17) is 0 Å². The first kappa shape index (κ1) is 8.10. The largest absolute Gasteiger partial charge is 0.140 e. The second kappa shape index (κ2) is 2.63. The van der Waals surface area contributed by atoms with Gasteiger partial charge in [-0.05, 0) is 47.2 Å². The van der Waals surface area contributed by atoms with Crippen molar-refractivity contribution in [2.45, 2.75) is 19.8 Å². The minimum atomic E-state index is 1.23. The van der Waals surface area contributed by atoms with E-state index in [1.165, 1.54) is 29.3 Å². The number of aryl methyl sites for hydroxylation is 3. The highest BCUT2D eigenvalue weighted by Gasteiger charge is 2.15. The summed E-state index contributed by atoms with van der Waals surface area (Å²) in [7, 11) is 2.22. The van der Waals surface area contributed by atoms with Crippen molar-refractivity contribution in [1.29, 1.82) is 0 Å². The lowest BCUT2D eigenvalue weighted by Gasteiger charge is -2.08. The van der Waals surface area contributed by atoms with E-state index in [0.29, 0.717) is 0 Å². The number of rotatable bonds is 0. The van der Waals surface area contributed by atoms with Crippen LogP contribution in [0.2, 0.25) is 0 Å². The molecule has 0 aliphatic heterocycles.